The molecule has 2 aromatic heterocycles. The molecule has 0 atom stereocenters. The minimum atomic E-state index is -0.968. The number of benzene rings is 1. The first kappa shape index (κ1) is 14.4. The zero-order valence-electron chi connectivity index (χ0n) is 12.8. The van der Waals surface area contributed by atoms with Crippen LogP contribution >= 0.6 is 11.3 Å². The summed E-state index contributed by atoms with van der Waals surface area (Å²) in [7, 11) is 0. The molecule has 2 aliphatic rings. The van der Waals surface area contributed by atoms with Crippen molar-refractivity contribution >= 4 is 17.3 Å². The minimum Gasteiger partial charge on any atom is -0.477 e. The number of hydrogen-bond acceptors (Lipinski definition) is 7. The van der Waals surface area contributed by atoms with Crippen LogP contribution in [0, 0.1) is 0 Å². The molecule has 0 unspecified atom stereocenters. The molecule has 0 radical (unpaired) electrons. The van der Waals surface area contributed by atoms with Crippen molar-refractivity contribution in [2.75, 3.05) is 6.79 Å². The van der Waals surface area contributed by atoms with Gasteiger partial charge in [-0.05, 0) is 30.5 Å². The number of ether oxygens (including phenoxy) is 3. The van der Waals surface area contributed by atoms with Gasteiger partial charge < -0.3 is 23.8 Å². The molecule has 3 aromatic rings. The molecule has 1 N–H and O–H groups in total. The number of aromatic carboxylic acids is 1. The van der Waals surface area contributed by atoms with Crippen LogP contribution in [0.4, 0.5) is 0 Å². The maximum atomic E-state index is 11.6. The van der Waals surface area contributed by atoms with E-state index in [0.717, 1.165) is 22.5 Å². The molecular weight excluding hydrogens is 346 g/mol. The Balaban J connectivity index is 1.61. The van der Waals surface area contributed by atoms with Gasteiger partial charge in [-0.2, -0.15) is 0 Å². The third kappa shape index (κ3) is 2.18. The van der Waals surface area contributed by atoms with Crippen LogP contribution in [0.1, 0.15) is 20.8 Å². The summed E-state index contributed by atoms with van der Waals surface area (Å²) in [6.45, 7) is 0.178. The lowest BCUT2D eigenvalue weighted by atomic mass is 9.92. The quantitative estimate of drug-likeness (QED) is 0.764. The van der Waals surface area contributed by atoms with Gasteiger partial charge in [0.1, 0.15) is 10.6 Å². The number of nitrogens with zero attached hydrogens (tertiary/aromatic N) is 1. The number of carbonyl (C=O) groups is 1. The number of hydrogen-bond donors (Lipinski definition) is 1. The summed E-state index contributed by atoms with van der Waals surface area (Å²) < 4.78 is 22.0. The van der Waals surface area contributed by atoms with E-state index in [1.807, 2.05) is 0 Å². The van der Waals surface area contributed by atoms with Crippen molar-refractivity contribution in [1.82, 2.24) is 5.16 Å². The fourth-order valence-electron chi connectivity index (χ4n) is 3.11. The summed E-state index contributed by atoms with van der Waals surface area (Å²) >= 11 is 1.10. The van der Waals surface area contributed by atoms with Crippen molar-refractivity contribution in [3.63, 3.8) is 0 Å². The third-order valence-corrected chi connectivity index (χ3v) is 5.34. The second kappa shape index (κ2) is 5.25. The summed E-state index contributed by atoms with van der Waals surface area (Å²) in [6, 6.07) is 5.24. The summed E-state index contributed by atoms with van der Waals surface area (Å²) in [5, 5.41) is 13.8. The predicted molar refractivity (Wildman–Crippen MR) is 86.8 cm³/mol. The van der Waals surface area contributed by atoms with Crippen molar-refractivity contribution in [2.45, 2.75) is 12.8 Å². The Bertz CT molecular complexity index is 1000. The zero-order chi connectivity index (χ0) is 17.0. The van der Waals surface area contributed by atoms with E-state index >= 15 is 0 Å². The third-order valence-electron chi connectivity index (χ3n) is 4.24. The molecule has 0 spiro atoms. The Hall–Kier alpha value is -3.00. The van der Waals surface area contributed by atoms with Gasteiger partial charge in [-0.25, -0.2) is 4.79 Å². The highest BCUT2D eigenvalue weighted by molar-refractivity contribution is 7.16. The molecule has 1 aliphatic carbocycles. The molecule has 0 saturated heterocycles. The standard InChI is InChI=1S/C17H11NO6S/c19-16(20)15-10-3-1-8-6-18-24-14(8)13(10)17(25-15)23-9-2-4-11-12(5-9)22-7-21-11/h2,4-6H,1,3,7H2,(H,19,20). The van der Waals surface area contributed by atoms with Crippen LogP contribution < -0.4 is 14.2 Å². The van der Waals surface area contributed by atoms with Crippen LogP contribution in [-0.4, -0.2) is 23.0 Å². The van der Waals surface area contributed by atoms with Gasteiger partial charge in [0.05, 0.1) is 11.8 Å². The smallest absolute Gasteiger partial charge is 0.346 e. The van der Waals surface area contributed by atoms with Crippen LogP contribution in [0.3, 0.4) is 0 Å². The van der Waals surface area contributed by atoms with Gasteiger partial charge in [-0.3, -0.25) is 0 Å². The normalized spacial score (nSPS) is 14.1. The Morgan fingerprint density at radius 2 is 2.12 bits per heavy atom. The van der Waals surface area contributed by atoms with Crippen LogP contribution in [0.15, 0.2) is 28.9 Å². The highest BCUT2D eigenvalue weighted by Gasteiger charge is 2.32. The Labute approximate surface area is 145 Å². The first-order chi connectivity index (χ1) is 12.2. The van der Waals surface area contributed by atoms with Gasteiger partial charge in [-0.1, -0.05) is 16.5 Å². The van der Waals surface area contributed by atoms with Crippen LogP contribution in [0.5, 0.6) is 22.3 Å². The molecule has 7 nitrogen and oxygen atoms in total. The number of aryl methyl sites for hydroxylation is 1. The van der Waals surface area contributed by atoms with Crippen LogP contribution in [0.25, 0.3) is 11.3 Å². The van der Waals surface area contributed by atoms with Crippen LogP contribution in [-0.2, 0) is 12.8 Å². The number of carboxylic acid groups (broad SMARTS) is 1. The molecule has 0 amide bonds. The van der Waals surface area contributed by atoms with Gasteiger partial charge in [0, 0.05) is 11.6 Å². The average Bonchev–Trinajstić information content (AvgIpc) is 3.31. The summed E-state index contributed by atoms with van der Waals surface area (Å²) in [6.07, 6.45) is 2.99. The second-order valence-corrected chi connectivity index (χ2v) is 6.66. The molecular formula is C17H11NO6S. The maximum absolute atomic E-state index is 11.6. The van der Waals surface area contributed by atoms with Crippen molar-refractivity contribution < 1.29 is 28.6 Å². The van der Waals surface area contributed by atoms with E-state index in [1.54, 1.807) is 24.4 Å². The minimum absolute atomic E-state index is 0.178. The molecule has 1 aromatic carbocycles. The average molecular weight is 357 g/mol. The van der Waals surface area contributed by atoms with Gasteiger partial charge in [0.15, 0.2) is 22.3 Å². The van der Waals surface area contributed by atoms with E-state index in [2.05, 4.69) is 5.16 Å². The molecule has 8 heteroatoms. The van der Waals surface area contributed by atoms with E-state index in [4.69, 9.17) is 18.7 Å². The fourth-order valence-corrected chi connectivity index (χ4v) is 4.16. The molecule has 5 rings (SSSR count). The lowest BCUT2D eigenvalue weighted by Gasteiger charge is -2.12. The Morgan fingerprint density at radius 1 is 1.24 bits per heavy atom. The largest absolute Gasteiger partial charge is 0.477 e. The van der Waals surface area contributed by atoms with Crippen molar-refractivity contribution in [3.8, 4) is 33.6 Å². The highest BCUT2D eigenvalue weighted by Crippen LogP contribution is 2.49. The van der Waals surface area contributed by atoms with Crippen molar-refractivity contribution in [2.24, 2.45) is 0 Å². The summed E-state index contributed by atoms with van der Waals surface area (Å²) in [4.78, 5) is 11.9. The maximum Gasteiger partial charge on any atom is 0.346 e. The molecule has 1 aliphatic heterocycles. The Morgan fingerprint density at radius 3 is 3.00 bits per heavy atom. The van der Waals surface area contributed by atoms with Crippen LogP contribution in [0.2, 0.25) is 0 Å². The van der Waals surface area contributed by atoms with Gasteiger partial charge in [0.25, 0.3) is 0 Å². The highest BCUT2D eigenvalue weighted by atomic mass is 32.1. The molecule has 126 valence electrons. The lowest BCUT2D eigenvalue weighted by molar-refractivity contribution is 0.0701. The number of carboxylic acids is 1. The summed E-state index contributed by atoms with van der Waals surface area (Å²) in [5.41, 5.74) is 2.37. The number of fused-ring (bicyclic) bond motifs is 4. The first-order valence-corrected chi connectivity index (χ1v) is 8.43. The van der Waals surface area contributed by atoms with Crippen molar-refractivity contribution in [1.29, 1.82) is 0 Å². The SMILES string of the molecule is O=C(O)c1sc(Oc2ccc3c(c2)OCO3)c2c1CCc1cnoc1-2. The van der Waals surface area contributed by atoms with E-state index in [1.165, 1.54) is 0 Å². The summed E-state index contributed by atoms with van der Waals surface area (Å²) in [5.74, 6) is 1.41. The molecule has 0 saturated carbocycles. The predicted octanol–water partition coefficient (Wildman–Crippen LogP) is 3.72. The Kier molecular flexibility index (Phi) is 3.01. The number of aromatic nitrogens is 1. The lowest BCUT2D eigenvalue weighted by Crippen LogP contribution is -2.05. The first-order valence-electron chi connectivity index (χ1n) is 7.61. The number of rotatable bonds is 3. The monoisotopic (exact) mass is 357 g/mol. The topological polar surface area (TPSA) is 91.0 Å². The van der Waals surface area contributed by atoms with E-state index in [0.29, 0.717) is 46.5 Å². The van der Waals surface area contributed by atoms with E-state index in [9.17, 15) is 9.90 Å². The molecule has 0 fully saturated rings. The fraction of sp³-hybridized carbons (Fsp3) is 0.176. The van der Waals surface area contributed by atoms with Gasteiger partial charge in [-0.15, -0.1) is 0 Å². The van der Waals surface area contributed by atoms with Gasteiger partial charge >= 0.3 is 5.97 Å². The second-order valence-electron chi connectivity index (χ2n) is 5.67. The van der Waals surface area contributed by atoms with E-state index < -0.39 is 5.97 Å². The van der Waals surface area contributed by atoms with Crippen molar-refractivity contribution in [3.05, 3.63) is 40.4 Å². The molecule has 0 bridgehead atoms. The zero-order valence-corrected chi connectivity index (χ0v) is 13.6. The molecule has 25 heavy (non-hydrogen) atoms. The molecule has 3 heterocycles. The van der Waals surface area contributed by atoms with E-state index in [-0.39, 0.29) is 11.7 Å². The van der Waals surface area contributed by atoms with Gasteiger partial charge in [0.2, 0.25) is 6.79 Å². The number of thiophene rings is 1.